The number of imidazole rings is 1. The van der Waals surface area contributed by atoms with E-state index in [4.69, 9.17) is 11.6 Å². The van der Waals surface area contributed by atoms with Gasteiger partial charge in [0.25, 0.3) is 0 Å². The second-order valence-electron chi connectivity index (χ2n) is 2.61. The summed E-state index contributed by atoms with van der Waals surface area (Å²) in [5.41, 5.74) is 0. The Morgan fingerprint density at radius 2 is 2.29 bits per heavy atom. The van der Waals surface area contributed by atoms with E-state index in [2.05, 4.69) is 15.0 Å². The second kappa shape index (κ2) is 4.48. The van der Waals surface area contributed by atoms with E-state index in [9.17, 15) is 0 Å². The second-order valence-corrected chi connectivity index (χ2v) is 3.99. The van der Waals surface area contributed by atoms with Crippen molar-refractivity contribution in [1.29, 1.82) is 0 Å². The maximum Gasteiger partial charge on any atom is 0.116 e. The van der Waals surface area contributed by atoms with Crippen molar-refractivity contribution in [1.82, 2.24) is 15.0 Å². The van der Waals surface area contributed by atoms with E-state index in [1.807, 2.05) is 12.1 Å². The summed E-state index contributed by atoms with van der Waals surface area (Å²) in [6.07, 6.45) is 5.27. The van der Waals surface area contributed by atoms with Crippen molar-refractivity contribution in [3.8, 4) is 0 Å². The number of nitrogens with one attached hydrogen (secondary N) is 1. The standard InChI is InChI=1S/C9H8ClN3S/c10-7-2-1-3-13-9(7)14-6-8-11-4-5-12-8/h1-5H,6H2,(H,11,12). The van der Waals surface area contributed by atoms with Gasteiger partial charge in [0, 0.05) is 18.6 Å². The van der Waals surface area contributed by atoms with Crippen molar-refractivity contribution in [2.75, 3.05) is 0 Å². The van der Waals surface area contributed by atoms with Gasteiger partial charge in [-0.1, -0.05) is 23.4 Å². The fourth-order valence-electron chi connectivity index (χ4n) is 0.991. The quantitative estimate of drug-likeness (QED) is 0.817. The Kier molecular flexibility index (Phi) is 3.06. The van der Waals surface area contributed by atoms with E-state index in [1.165, 1.54) is 0 Å². The van der Waals surface area contributed by atoms with Gasteiger partial charge in [-0.3, -0.25) is 0 Å². The molecule has 0 bridgehead atoms. The first kappa shape index (κ1) is 9.55. The highest BCUT2D eigenvalue weighted by atomic mass is 35.5. The minimum atomic E-state index is 0.684. The lowest BCUT2D eigenvalue weighted by atomic mass is 10.5. The number of thioether (sulfide) groups is 1. The molecular formula is C9H8ClN3S. The van der Waals surface area contributed by atoms with Gasteiger partial charge in [0.1, 0.15) is 10.9 Å². The van der Waals surface area contributed by atoms with Crippen molar-refractivity contribution in [3.05, 3.63) is 41.6 Å². The molecule has 0 saturated heterocycles. The van der Waals surface area contributed by atoms with Gasteiger partial charge in [0.05, 0.1) is 10.8 Å². The Labute approximate surface area is 90.9 Å². The maximum atomic E-state index is 5.95. The molecule has 0 atom stereocenters. The number of hydrogen-bond donors (Lipinski definition) is 1. The van der Waals surface area contributed by atoms with Gasteiger partial charge in [-0.25, -0.2) is 9.97 Å². The minimum absolute atomic E-state index is 0.684. The fourth-order valence-corrected chi connectivity index (χ4v) is 2.05. The molecule has 0 radical (unpaired) electrons. The normalized spacial score (nSPS) is 10.4. The topological polar surface area (TPSA) is 41.6 Å². The summed E-state index contributed by atoms with van der Waals surface area (Å²) in [6, 6.07) is 3.65. The number of halogens is 1. The highest BCUT2D eigenvalue weighted by molar-refractivity contribution is 7.98. The smallest absolute Gasteiger partial charge is 0.116 e. The number of aromatic nitrogens is 3. The van der Waals surface area contributed by atoms with Crippen molar-refractivity contribution >= 4 is 23.4 Å². The van der Waals surface area contributed by atoms with Crippen LogP contribution in [0.2, 0.25) is 5.02 Å². The molecule has 1 N–H and O–H groups in total. The summed E-state index contributed by atoms with van der Waals surface area (Å²) in [6.45, 7) is 0. The number of nitrogens with zero attached hydrogens (tertiary/aromatic N) is 2. The van der Waals surface area contributed by atoms with E-state index in [0.717, 1.165) is 16.6 Å². The lowest BCUT2D eigenvalue weighted by molar-refractivity contribution is 1.09. The van der Waals surface area contributed by atoms with Gasteiger partial charge < -0.3 is 4.98 Å². The third-order valence-electron chi connectivity index (χ3n) is 1.63. The van der Waals surface area contributed by atoms with Gasteiger partial charge in [-0.2, -0.15) is 0 Å². The van der Waals surface area contributed by atoms with E-state index < -0.39 is 0 Å². The van der Waals surface area contributed by atoms with Crippen molar-refractivity contribution in [3.63, 3.8) is 0 Å². The summed E-state index contributed by atoms with van der Waals surface area (Å²) in [4.78, 5) is 11.3. The van der Waals surface area contributed by atoms with Crippen molar-refractivity contribution in [2.24, 2.45) is 0 Å². The zero-order chi connectivity index (χ0) is 9.80. The zero-order valence-corrected chi connectivity index (χ0v) is 8.85. The van der Waals surface area contributed by atoms with Gasteiger partial charge >= 0.3 is 0 Å². The van der Waals surface area contributed by atoms with Crippen LogP contribution in [0.3, 0.4) is 0 Å². The maximum absolute atomic E-state index is 5.95. The number of aromatic amines is 1. The molecule has 0 aliphatic carbocycles. The van der Waals surface area contributed by atoms with E-state index in [0.29, 0.717) is 5.02 Å². The van der Waals surface area contributed by atoms with Crippen LogP contribution in [0.1, 0.15) is 5.82 Å². The molecule has 2 heterocycles. The summed E-state index contributed by atoms with van der Waals surface area (Å²) < 4.78 is 0. The molecule has 0 unspecified atom stereocenters. The lowest BCUT2D eigenvalue weighted by Gasteiger charge is -1.99. The van der Waals surface area contributed by atoms with Crippen LogP contribution in [0.5, 0.6) is 0 Å². The van der Waals surface area contributed by atoms with Crippen LogP contribution in [0.25, 0.3) is 0 Å². The average Bonchev–Trinajstić information content (AvgIpc) is 2.69. The van der Waals surface area contributed by atoms with Crippen LogP contribution in [0, 0.1) is 0 Å². The fraction of sp³-hybridized carbons (Fsp3) is 0.111. The predicted molar refractivity (Wildman–Crippen MR) is 57.4 cm³/mol. The first-order valence-electron chi connectivity index (χ1n) is 4.08. The van der Waals surface area contributed by atoms with E-state index >= 15 is 0 Å². The molecule has 2 aromatic heterocycles. The molecule has 2 aromatic rings. The molecule has 0 aliphatic rings. The third-order valence-corrected chi connectivity index (χ3v) is 3.06. The number of rotatable bonds is 3. The molecule has 3 nitrogen and oxygen atoms in total. The number of pyridine rings is 1. The number of H-pyrrole nitrogens is 1. The number of hydrogen-bond acceptors (Lipinski definition) is 3. The molecule has 0 fully saturated rings. The van der Waals surface area contributed by atoms with Crippen molar-refractivity contribution in [2.45, 2.75) is 10.8 Å². The van der Waals surface area contributed by atoms with Gasteiger partial charge in [0.2, 0.25) is 0 Å². The van der Waals surface area contributed by atoms with Crippen molar-refractivity contribution < 1.29 is 0 Å². The largest absolute Gasteiger partial charge is 0.348 e. The Morgan fingerprint density at radius 1 is 1.36 bits per heavy atom. The highest BCUT2D eigenvalue weighted by Gasteiger charge is 2.02. The molecule has 2 rings (SSSR count). The molecular weight excluding hydrogens is 218 g/mol. The van der Waals surface area contributed by atoms with Crippen LogP contribution >= 0.6 is 23.4 Å². The SMILES string of the molecule is Clc1cccnc1SCc1ncc[nH]1. The van der Waals surface area contributed by atoms with Crippen LogP contribution in [-0.4, -0.2) is 15.0 Å². The Balaban J connectivity index is 2.02. The summed E-state index contributed by atoms with van der Waals surface area (Å²) in [7, 11) is 0. The average molecular weight is 226 g/mol. The van der Waals surface area contributed by atoms with Crippen LogP contribution in [0.15, 0.2) is 35.7 Å². The minimum Gasteiger partial charge on any atom is -0.348 e. The molecule has 0 aliphatic heterocycles. The molecule has 72 valence electrons. The molecule has 0 saturated carbocycles. The first-order chi connectivity index (χ1) is 6.86. The summed E-state index contributed by atoms with van der Waals surface area (Å²) in [5.74, 6) is 1.68. The predicted octanol–water partition coefficient (Wildman–Crippen LogP) is 2.75. The Morgan fingerprint density at radius 3 is 3.00 bits per heavy atom. The van der Waals surface area contributed by atoms with Gasteiger partial charge in [-0.05, 0) is 12.1 Å². The third kappa shape index (κ3) is 2.27. The van der Waals surface area contributed by atoms with Crippen LogP contribution in [0.4, 0.5) is 0 Å². The summed E-state index contributed by atoms with van der Waals surface area (Å²) in [5, 5.41) is 1.52. The Hall–Kier alpha value is -1.00. The molecule has 0 aromatic carbocycles. The highest BCUT2D eigenvalue weighted by Crippen LogP contribution is 2.25. The monoisotopic (exact) mass is 225 g/mol. The first-order valence-corrected chi connectivity index (χ1v) is 5.44. The van der Waals surface area contributed by atoms with E-state index in [1.54, 1.807) is 30.4 Å². The van der Waals surface area contributed by atoms with E-state index in [-0.39, 0.29) is 0 Å². The molecule has 5 heteroatoms. The Bertz CT molecular complexity index is 402. The van der Waals surface area contributed by atoms with Crippen LogP contribution < -0.4 is 0 Å². The van der Waals surface area contributed by atoms with Crippen LogP contribution in [-0.2, 0) is 5.75 Å². The summed E-state index contributed by atoms with van der Waals surface area (Å²) >= 11 is 7.52. The zero-order valence-electron chi connectivity index (χ0n) is 7.27. The lowest BCUT2D eigenvalue weighted by Crippen LogP contribution is -1.85. The van der Waals surface area contributed by atoms with Gasteiger partial charge in [0.15, 0.2) is 0 Å². The molecule has 0 spiro atoms. The van der Waals surface area contributed by atoms with Gasteiger partial charge in [-0.15, -0.1) is 0 Å². The molecule has 14 heavy (non-hydrogen) atoms. The molecule has 0 amide bonds.